The molecule has 2 heterocycles. The van der Waals surface area contributed by atoms with Gasteiger partial charge in [-0.25, -0.2) is 4.79 Å². The molecule has 2 unspecified atom stereocenters. The van der Waals surface area contributed by atoms with Gasteiger partial charge >= 0.3 is 6.03 Å². The van der Waals surface area contributed by atoms with E-state index in [9.17, 15) is 14.7 Å². The Balaban J connectivity index is 1.33. The van der Waals surface area contributed by atoms with E-state index < -0.39 is 11.9 Å². The van der Waals surface area contributed by atoms with Crippen LogP contribution in [0.4, 0.5) is 4.79 Å². The maximum Gasteiger partial charge on any atom is 0.315 e. The van der Waals surface area contributed by atoms with Crippen molar-refractivity contribution in [3.05, 3.63) is 35.6 Å². The van der Waals surface area contributed by atoms with Crippen molar-refractivity contribution in [2.45, 2.75) is 63.5 Å². The second kappa shape index (κ2) is 7.10. The predicted molar refractivity (Wildman–Crippen MR) is 103 cm³/mol. The number of aliphatic hydroxyl groups is 1. The number of aliphatic hydroxyl groups excluding tert-OH is 1. The summed E-state index contributed by atoms with van der Waals surface area (Å²) in [4.78, 5) is 24.5. The minimum Gasteiger partial charge on any atom is -0.459 e. The summed E-state index contributed by atoms with van der Waals surface area (Å²) in [6.07, 6.45) is 1.48. The third-order valence-electron chi connectivity index (χ3n) is 5.91. The molecule has 3 amide bonds. The fraction of sp³-hybridized carbons (Fsp3) is 0.500. The van der Waals surface area contributed by atoms with Gasteiger partial charge in [0.15, 0.2) is 6.35 Å². The number of hydrogen-bond donors (Lipinski definition) is 5. The summed E-state index contributed by atoms with van der Waals surface area (Å²) in [5, 5.41) is 22.0. The van der Waals surface area contributed by atoms with Crippen LogP contribution in [0.15, 0.2) is 28.7 Å². The Kier molecular flexibility index (Phi) is 4.76. The van der Waals surface area contributed by atoms with Gasteiger partial charge < -0.3 is 25.5 Å². The van der Waals surface area contributed by atoms with E-state index in [2.05, 4.69) is 21.3 Å². The zero-order chi connectivity index (χ0) is 19.9. The molecular formula is C20H26N4O4. The van der Waals surface area contributed by atoms with Crippen molar-refractivity contribution in [1.82, 2.24) is 21.3 Å². The van der Waals surface area contributed by atoms with Crippen LogP contribution in [0.3, 0.4) is 0 Å². The lowest BCUT2D eigenvalue weighted by Crippen LogP contribution is -2.54. The van der Waals surface area contributed by atoms with Gasteiger partial charge in [0.2, 0.25) is 5.91 Å². The van der Waals surface area contributed by atoms with E-state index in [0.717, 1.165) is 22.3 Å². The molecule has 0 radical (unpaired) electrons. The van der Waals surface area contributed by atoms with E-state index in [4.69, 9.17) is 4.42 Å². The first-order valence-electron chi connectivity index (χ1n) is 9.70. The van der Waals surface area contributed by atoms with E-state index in [0.29, 0.717) is 25.7 Å². The van der Waals surface area contributed by atoms with Crippen LogP contribution in [-0.2, 0) is 4.79 Å². The molecule has 4 rings (SSSR count). The molecule has 8 nitrogen and oxygen atoms in total. The number of nitrogens with one attached hydrogen (secondary N) is 4. The third kappa shape index (κ3) is 3.33. The second-order valence-electron chi connectivity index (χ2n) is 7.80. The van der Waals surface area contributed by atoms with Gasteiger partial charge in [-0.2, -0.15) is 0 Å². The SMILES string of the molecule is Cc1c(C(C)NC(=O)NC2CCC3(CC2)NC(O)NC3=O)oc2ccccc12. The number of amides is 3. The first-order chi connectivity index (χ1) is 13.4. The fourth-order valence-corrected chi connectivity index (χ4v) is 4.35. The standard InChI is InChI=1S/C20H26N4O4/c1-11-14-5-3-4-6-15(14)28-16(11)12(2)21-18(26)22-13-7-9-20(10-8-13)17(25)23-19(27)24-20/h3-6,12-13,19,24,27H,7-10H2,1-2H3,(H,23,25)(H2,21,22,26). The van der Waals surface area contributed by atoms with Crippen LogP contribution in [0.2, 0.25) is 0 Å². The van der Waals surface area contributed by atoms with Crippen molar-refractivity contribution < 1.29 is 19.1 Å². The molecule has 1 aliphatic heterocycles. The molecule has 2 aliphatic rings. The van der Waals surface area contributed by atoms with Gasteiger partial charge in [-0.1, -0.05) is 18.2 Å². The van der Waals surface area contributed by atoms with E-state index in [1.54, 1.807) is 0 Å². The Hall–Kier alpha value is -2.58. The predicted octanol–water partition coefficient (Wildman–Crippen LogP) is 1.78. The van der Waals surface area contributed by atoms with Gasteiger partial charge in [0.05, 0.1) is 6.04 Å². The summed E-state index contributed by atoms with van der Waals surface area (Å²) < 4.78 is 5.92. The summed E-state index contributed by atoms with van der Waals surface area (Å²) in [5.41, 5.74) is 1.12. The van der Waals surface area contributed by atoms with Crippen molar-refractivity contribution in [3.63, 3.8) is 0 Å². The molecule has 1 aliphatic carbocycles. The van der Waals surface area contributed by atoms with Crippen molar-refractivity contribution in [1.29, 1.82) is 0 Å². The molecule has 2 aromatic rings. The number of hydrogen-bond acceptors (Lipinski definition) is 5. The second-order valence-corrected chi connectivity index (χ2v) is 7.80. The van der Waals surface area contributed by atoms with Gasteiger partial charge in [0, 0.05) is 17.0 Å². The number of carbonyl (C=O) groups excluding carboxylic acids is 2. The summed E-state index contributed by atoms with van der Waals surface area (Å²) in [6, 6.07) is 7.29. The Bertz CT molecular complexity index is 901. The molecule has 1 saturated carbocycles. The molecule has 2 atom stereocenters. The van der Waals surface area contributed by atoms with Gasteiger partial charge in [-0.3, -0.25) is 10.1 Å². The first-order valence-corrected chi connectivity index (χ1v) is 9.70. The minimum absolute atomic E-state index is 0.0121. The van der Waals surface area contributed by atoms with Crippen LogP contribution in [0, 0.1) is 6.92 Å². The Morgan fingerprint density at radius 1 is 1.32 bits per heavy atom. The Labute approximate surface area is 163 Å². The van der Waals surface area contributed by atoms with Crippen LogP contribution < -0.4 is 21.3 Å². The first kappa shape index (κ1) is 18.8. The molecule has 2 fully saturated rings. The van der Waals surface area contributed by atoms with Crippen LogP contribution >= 0.6 is 0 Å². The van der Waals surface area contributed by atoms with Crippen molar-refractivity contribution in [2.75, 3.05) is 0 Å². The maximum absolute atomic E-state index is 12.5. The summed E-state index contributed by atoms with van der Waals surface area (Å²) >= 11 is 0. The number of rotatable bonds is 3. The zero-order valence-corrected chi connectivity index (χ0v) is 16.0. The Morgan fingerprint density at radius 2 is 2.04 bits per heavy atom. The molecular weight excluding hydrogens is 360 g/mol. The fourth-order valence-electron chi connectivity index (χ4n) is 4.35. The number of para-hydroxylation sites is 1. The Morgan fingerprint density at radius 3 is 2.68 bits per heavy atom. The van der Waals surface area contributed by atoms with Crippen LogP contribution in [0.25, 0.3) is 11.0 Å². The average Bonchev–Trinajstić information content (AvgIpc) is 3.14. The molecule has 8 heteroatoms. The van der Waals surface area contributed by atoms with Crippen molar-refractivity contribution in [3.8, 4) is 0 Å². The molecule has 1 aromatic heterocycles. The third-order valence-corrected chi connectivity index (χ3v) is 5.91. The average molecular weight is 386 g/mol. The lowest BCUT2D eigenvalue weighted by Gasteiger charge is -2.35. The highest BCUT2D eigenvalue weighted by atomic mass is 16.3. The quantitative estimate of drug-likeness (QED) is 0.551. The number of benzene rings is 1. The molecule has 0 bridgehead atoms. The van der Waals surface area contributed by atoms with E-state index in [1.807, 2.05) is 38.1 Å². The summed E-state index contributed by atoms with van der Waals surface area (Å²) in [6.45, 7) is 3.89. The minimum atomic E-state index is -0.992. The number of aryl methyl sites for hydroxylation is 1. The van der Waals surface area contributed by atoms with Crippen LogP contribution in [-0.4, -0.2) is 35.0 Å². The van der Waals surface area contributed by atoms with E-state index >= 15 is 0 Å². The number of urea groups is 1. The highest BCUT2D eigenvalue weighted by Crippen LogP contribution is 2.32. The van der Waals surface area contributed by atoms with Crippen LogP contribution in [0.1, 0.15) is 50.0 Å². The molecule has 5 N–H and O–H groups in total. The highest BCUT2D eigenvalue weighted by Gasteiger charge is 2.47. The normalized spacial score (nSPS) is 28.3. The lowest BCUT2D eigenvalue weighted by molar-refractivity contribution is -0.125. The monoisotopic (exact) mass is 386 g/mol. The van der Waals surface area contributed by atoms with Gasteiger partial charge in [-0.05, 0) is 45.6 Å². The number of carbonyl (C=O) groups is 2. The smallest absolute Gasteiger partial charge is 0.315 e. The molecule has 1 aromatic carbocycles. The highest BCUT2D eigenvalue weighted by molar-refractivity contribution is 5.88. The van der Waals surface area contributed by atoms with Crippen molar-refractivity contribution >= 4 is 22.9 Å². The van der Waals surface area contributed by atoms with E-state index in [-0.39, 0.29) is 24.0 Å². The van der Waals surface area contributed by atoms with Crippen molar-refractivity contribution in [2.24, 2.45) is 0 Å². The lowest BCUT2D eigenvalue weighted by atomic mass is 9.79. The molecule has 28 heavy (non-hydrogen) atoms. The van der Waals surface area contributed by atoms with Gasteiger partial charge in [0.25, 0.3) is 0 Å². The largest absolute Gasteiger partial charge is 0.459 e. The molecule has 1 spiro atoms. The summed E-state index contributed by atoms with van der Waals surface area (Å²) in [5.74, 6) is 0.580. The topological polar surface area (TPSA) is 116 Å². The molecule has 150 valence electrons. The molecule has 1 saturated heterocycles. The van der Waals surface area contributed by atoms with Crippen LogP contribution in [0.5, 0.6) is 0 Å². The summed E-state index contributed by atoms with van der Waals surface area (Å²) in [7, 11) is 0. The van der Waals surface area contributed by atoms with E-state index in [1.165, 1.54) is 0 Å². The van der Waals surface area contributed by atoms with Gasteiger partial charge in [0.1, 0.15) is 16.9 Å². The van der Waals surface area contributed by atoms with Gasteiger partial charge in [-0.15, -0.1) is 0 Å². The maximum atomic E-state index is 12.5. The number of fused-ring (bicyclic) bond motifs is 1. The zero-order valence-electron chi connectivity index (χ0n) is 16.0. The number of furan rings is 1.